The van der Waals surface area contributed by atoms with Crippen molar-refractivity contribution < 1.29 is 4.79 Å². The van der Waals surface area contributed by atoms with Crippen LogP contribution in [0.5, 0.6) is 0 Å². The molecule has 3 rings (SSSR count). The molecular weight excluding hydrogens is 276 g/mol. The highest BCUT2D eigenvalue weighted by molar-refractivity contribution is 5.74. The fourth-order valence-corrected chi connectivity index (χ4v) is 4.68. The zero-order chi connectivity index (χ0) is 15.7. The van der Waals surface area contributed by atoms with Gasteiger partial charge in [-0.25, -0.2) is 4.79 Å². The van der Waals surface area contributed by atoms with E-state index in [2.05, 4.69) is 36.0 Å². The number of hydrogen-bond acceptors (Lipinski definition) is 3. The van der Waals surface area contributed by atoms with Crippen LogP contribution < -0.4 is 5.32 Å². The minimum absolute atomic E-state index is 0.164. The molecule has 0 aromatic carbocycles. The molecular formula is C17H32N4O. The molecule has 1 atom stereocenters. The molecule has 126 valence electrons. The molecule has 0 radical (unpaired) electrons. The van der Waals surface area contributed by atoms with Crippen molar-refractivity contribution in [2.24, 2.45) is 0 Å². The van der Waals surface area contributed by atoms with Crippen molar-refractivity contribution in [3.63, 3.8) is 0 Å². The molecule has 1 N–H and O–H groups in total. The second-order valence-electron chi connectivity index (χ2n) is 8.09. The number of fused-ring (bicyclic) bond motifs is 1. The average molecular weight is 308 g/mol. The molecule has 0 aromatic heterocycles. The minimum atomic E-state index is 0.164. The van der Waals surface area contributed by atoms with Gasteiger partial charge in [0.25, 0.3) is 0 Å². The molecule has 2 saturated heterocycles. The van der Waals surface area contributed by atoms with E-state index in [-0.39, 0.29) is 11.6 Å². The Morgan fingerprint density at radius 2 is 1.82 bits per heavy atom. The van der Waals surface area contributed by atoms with Gasteiger partial charge in [0.15, 0.2) is 0 Å². The number of nitrogens with zero attached hydrogens (tertiary/aromatic N) is 3. The van der Waals surface area contributed by atoms with Gasteiger partial charge in [0.05, 0.1) is 0 Å². The summed E-state index contributed by atoms with van der Waals surface area (Å²) in [6.07, 6.45) is 6.17. The molecule has 3 fully saturated rings. The summed E-state index contributed by atoms with van der Waals surface area (Å²) in [5.74, 6) is 0. The Balaban J connectivity index is 1.57. The highest BCUT2D eigenvalue weighted by Crippen LogP contribution is 2.27. The zero-order valence-electron chi connectivity index (χ0n) is 14.5. The van der Waals surface area contributed by atoms with E-state index >= 15 is 0 Å². The Morgan fingerprint density at radius 3 is 2.55 bits per heavy atom. The minimum Gasteiger partial charge on any atom is -0.335 e. The van der Waals surface area contributed by atoms with E-state index in [1.807, 2.05) is 4.90 Å². The first kappa shape index (κ1) is 16.1. The van der Waals surface area contributed by atoms with E-state index in [4.69, 9.17) is 0 Å². The number of hydrogen-bond donors (Lipinski definition) is 1. The Kier molecular flexibility index (Phi) is 4.64. The topological polar surface area (TPSA) is 38.8 Å². The molecule has 1 aliphatic carbocycles. The Labute approximate surface area is 135 Å². The average Bonchev–Trinajstić information content (AvgIpc) is 2.46. The monoisotopic (exact) mass is 308 g/mol. The van der Waals surface area contributed by atoms with Crippen molar-refractivity contribution in [1.82, 2.24) is 20.0 Å². The molecule has 0 bridgehead atoms. The van der Waals surface area contributed by atoms with Crippen LogP contribution >= 0.6 is 0 Å². The summed E-state index contributed by atoms with van der Waals surface area (Å²) >= 11 is 0. The van der Waals surface area contributed by atoms with Crippen LogP contribution in [0.2, 0.25) is 0 Å². The summed E-state index contributed by atoms with van der Waals surface area (Å²) < 4.78 is 0. The van der Waals surface area contributed by atoms with Crippen LogP contribution in [0, 0.1) is 0 Å². The van der Waals surface area contributed by atoms with Crippen molar-refractivity contribution in [3.8, 4) is 0 Å². The standard InChI is InChI=1S/C17H32N4O/c1-17(2)13-19(3)11-15-12-20(9-10-21(15)17)16(22)18-14-7-5-4-6-8-14/h14-15H,4-13H2,1-3H3,(H,18,22)/t15-/m1/s1. The normalized spacial score (nSPS) is 30.9. The number of urea groups is 1. The van der Waals surface area contributed by atoms with Gasteiger partial charge in [0.2, 0.25) is 0 Å². The highest BCUT2D eigenvalue weighted by atomic mass is 16.2. The first-order chi connectivity index (χ1) is 10.5. The van der Waals surface area contributed by atoms with Crippen molar-refractivity contribution in [1.29, 1.82) is 0 Å². The van der Waals surface area contributed by atoms with Gasteiger partial charge in [-0.3, -0.25) is 4.90 Å². The van der Waals surface area contributed by atoms with Gasteiger partial charge >= 0.3 is 6.03 Å². The lowest BCUT2D eigenvalue weighted by Gasteiger charge is -2.55. The number of rotatable bonds is 1. The maximum Gasteiger partial charge on any atom is 0.317 e. The fraction of sp³-hybridized carbons (Fsp3) is 0.941. The second-order valence-corrected chi connectivity index (χ2v) is 8.09. The van der Waals surface area contributed by atoms with Crippen molar-refractivity contribution in [3.05, 3.63) is 0 Å². The lowest BCUT2D eigenvalue weighted by molar-refractivity contribution is -0.0492. The molecule has 0 spiro atoms. The van der Waals surface area contributed by atoms with E-state index in [9.17, 15) is 4.79 Å². The number of carbonyl (C=O) groups excluding carboxylic acids is 1. The number of nitrogens with one attached hydrogen (secondary N) is 1. The smallest absolute Gasteiger partial charge is 0.317 e. The van der Waals surface area contributed by atoms with Gasteiger partial charge in [-0.2, -0.15) is 0 Å². The van der Waals surface area contributed by atoms with Crippen LogP contribution in [0.3, 0.4) is 0 Å². The summed E-state index contributed by atoms with van der Waals surface area (Å²) in [7, 11) is 2.19. The summed E-state index contributed by atoms with van der Waals surface area (Å²) in [6, 6.07) is 1.04. The molecule has 1 saturated carbocycles. The number of amides is 2. The Morgan fingerprint density at radius 1 is 1.09 bits per heavy atom. The third-order valence-corrected chi connectivity index (χ3v) is 5.66. The van der Waals surface area contributed by atoms with Gasteiger partial charge in [-0.15, -0.1) is 0 Å². The summed E-state index contributed by atoms with van der Waals surface area (Å²) in [4.78, 5) is 19.6. The van der Waals surface area contributed by atoms with E-state index in [0.29, 0.717) is 12.1 Å². The van der Waals surface area contributed by atoms with E-state index in [1.54, 1.807) is 0 Å². The van der Waals surface area contributed by atoms with E-state index in [0.717, 1.165) is 45.6 Å². The van der Waals surface area contributed by atoms with E-state index < -0.39 is 0 Å². The SMILES string of the molecule is CN1C[C@@H]2CN(C(=O)NC3CCCCC3)CCN2C(C)(C)C1. The number of carbonyl (C=O) groups is 1. The first-order valence-corrected chi connectivity index (χ1v) is 8.96. The van der Waals surface area contributed by atoms with Gasteiger partial charge in [-0.05, 0) is 33.7 Å². The van der Waals surface area contributed by atoms with Gasteiger partial charge in [0, 0.05) is 50.3 Å². The molecule has 0 unspecified atom stereocenters. The van der Waals surface area contributed by atoms with Crippen molar-refractivity contribution in [2.45, 2.75) is 63.6 Å². The van der Waals surface area contributed by atoms with Crippen molar-refractivity contribution in [2.75, 3.05) is 39.8 Å². The van der Waals surface area contributed by atoms with Crippen LogP contribution in [0.4, 0.5) is 4.79 Å². The molecule has 2 heterocycles. The number of likely N-dealkylation sites (N-methyl/N-ethyl adjacent to an activating group) is 1. The van der Waals surface area contributed by atoms with Crippen LogP contribution in [0.1, 0.15) is 46.0 Å². The van der Waals surface area contributed by atoms with E-state index in [1.165, 1.54) is 19.3 Å². The third-order valence-electron chi connectivity index (χ3n) is 5.66. The van der Waals surface area contributed by atoms with Gasteiger partial charge in [-0.1, -0.05) is 19.3 Å². The second kappa shape index (κ2) is 6.36. The molecule has 0 aromatic rings. The molecule has 5 nitrogen and oxygen atoms in total. The largest absolute Gasteiger partial charge is 0.335 e. The fourth-order valence-electron chi connectivity index (χ4n) is 4.68. The summed E-state index contributed by atoms with van der Waals surface area (Å²) in [6.45, 7) is 9.56. The van der Waals surface area contributed by atoms with Crippen LogP contribution in [0.25, 0.3) is 0 Å². The van der Waals surface area contributed by atoms with Crippen molar-refractivity contribution >= 4 is 6.03 Å². The number of piperazine rings is 2. The Hall–Kier alpha value is -0.810. The molecule has 2 aliphatic heterocycles. The predicted molar refractivity (Wildman–Crippen MR) is 89.0 cm³/mol. The third kappa shape index (κ3) is 3.40. The Bertz CT molecular complexity index is 405. The maximum absolute atomic E-state index is 12.6. The molecule has 5 heteroatoms. The molecule has 2 amide bonds. The first-order valence-electron chi connectivity index (χ1n) is 8.96. The summed E-state index contributed by atoms with van der Waals surface area (Å²) in [5, 5.41) is 3.27. The maximum atomic E-state index is 12.6. The molecule has 3 aliphatic rings. The lowest BCUT2D eigenvalue weighted by atomic mass is 9.93. The predicted octanol–water partition coefficient (Wildman–Crippen LogP) is 1.74. The lowest BCUT2D eigenvalue weighted by Crippen LogP contribution is -2.70. The highest BCUT2D eigenvalue weighted by Gasteiger charge is 2.42. The molecule has 22 heavy (non-hydrogen) atoms. The van der Waals surface area contributed by atoms with Crippen LogP contribution in [-0.2, 0) is 0 Å². The quantitative estimate of drug-likeness (QED) is 0.802. The van der Waals surface area contributed by atoms with Gasteiger partial charge in [0.1, 0.15) is 0 Å². The van der Waals surface area contributed by atoms with Crippen LogP contribution in [0.15, 0.2) is 0 Å². The zero-order valence-corrected chi connectivity index (χ0v) is 14.5. The van der Waals surface area contributed by atoms with Crippen LogP contribution in [-0.4, -0.2) is 78.1 Å². The summed E-state index contributed by atoms with van der Waals surface area (Å²) in [5.41, 5.74) is 0.212. The van der Waals surface area contributed by atoms with Gasteiger partial charge < -0.3 is 15.1 Å².